The fraction of sp³-hybridized carbons (Fsp3) is 0.217. The van der Waals surface area contributed by atoms with E-state index in [4.69, 9.17) is 0 Å². The summed E-state index contributed by atoms with van der Waals surface area (Å²) in [6.45, 7) is 0. The van der Waals surface area contributed by atoms with Gasteiger partial charge >= 0.3 is 23.3 Å². The quantitative estimate of drug-likeness (QED) is 0.121. The normalized spacial score (nSPS) is 13.2. The fourth-order valence-electron chi connectivity index (χ4n) is 2.75. The summed E-state index contributed by atoms with van der Waals surface area (Å²) >= 11 is 1.78. The van der Waals surface area contributed by atoms with Crippen molar-refractivity contribution in [3.8, 4) is 0 Å². The van der Waals surface area contributed by atoms with Crippen molar-refractivity contribution in [1.29, 1.82) is 0 Å². The van der Waals surface area contributed by atoms with E-state index in [-0.39, 0.29) is 10.9 Å². The Kier molecular flexibility index (Phi) is 9.89. The third-order valence-electron chi connectivity index (χ3n) is 4.68. The molecule has 0 amide bonds. The van der Waals surface area contributed by atoms with E-state index in [0.29, 0.717) is 0 Å². The van der Waals surface area contributed by atoms with Crippen LogP contribution in [0, 0.1) is 0 Å². The van der Waals surface area contributed by atoms with Gasteiger partial charge in [-0.25, -0.2) is 8.42 Å². The van der Waals surface area contributed by atoms with Crippen molar-refractivity contribution < 1.29 is 52.5 Å². The number of benzene rings is 3. The summed E-state index contributed by atoms with van der Waals surface area (Å²) in [5, 5.41) is -7.11. The molecule has 0 aliphatic carbocycles. The molecule has 0 fully saturated rings. The SMILES string of the molecule is CSc1ccc([S+](c2ccccc2)c2ccccc2)cc1.O=S(=O)([O-])C(F)(F)C(F)(F)C(F)(F)C(F)(F)F. The number of alkyl halides is 9. The van der Waals surface area contributed by atoms with Crippen molar-refractivity contribution >= 4 is 32.8 Å². The summed E-state index contributed by atoms with van der Waals surface area (Å²) in [4.78, 5) is 5.40. The van der Waals surface area contributed by atoms with Gasteiger partial charge < -0.3 is 4.55 Å². The third kappa shape index (κ3) is 6.61. The van der Waals surface area contributed by atoms with Crippen molar-refractivity contribution in [2.24, 2.45) is 0 Å². The maximum atomic E-state index is 12.2. The summed E-state index contributed by atoms with van der Waals surface area (Å²) < 4.78 is 135. The first-order valence-corrected chi connectivity index (χ1v) is 13.9. The van der Waals surface area contributed by atoms with E-state index in [9.17, 15) is 52.5 Å². The smallest absolute Gasteiger partial charge is 0.460 e. The molecule has 0 bridgehead atoms. The molecule has 0 atom stereocenters. The van der Waals surface area contributed by atoms with Crippen LogP contribution >= 0.6 is 11.8 Å². The first-order valence-electron chi connectivity index (χ1n) is 10.0. The largest absolute Gasteiger partial charge is 0.743 e. The Bertz CT molecular complexity index is 1240. The summed E-state index contributed by atoms with van der Waals surface area (Å²) in [6, 6.07) is 30.5. The van der Waals surface area contributed by atoms with Crippen LogP contribution in [0.1, 0.15) is 0 Å². The number of halogens is 9. The lowest BCUT2D eigenvalue weighted by atomic mass is 10.1. The second-order valence-corrected chi connectivity index (χ2v) is 11.6. The molecule has 15 heteroatoms. The molecule has 38 heavy (non-hydrogen) atoms. The van der Waals surface area contributed by atoms with Crippen LogP contribution in [0.3, 0.4) is 0 Å². The summed E-state index contributed by atoms with van der Waals surface area (Å²) in [6.07, 6.45) is -5.05. The Hall–Kier alpha value is -2.36. The minimum absolute atomic E-state index is 0.0341. The molecule has 208 valence electrons. The molecule has 0 spiro atoms. The molecule has 0 unspecified atom stereocenters. The van der Waals surface area contributed by atoms with E-state index < -0.39 is 33.4 Å². The Labute approximate surface area is 219 Å². The highest BCUT2D eigenvalue weighted by Crippen LogP contribution is 2.54. The topological polar surface area (TPSA) is 57.2 Å². The monoisotopic (exact) mass is 608 g/mol. The molecule has 3 nitrogen and oxygen atoms in total. The van der Waals surface area contributed by atoms with Crippen LogP contribution in [-0.2, 0) is 21.0 Å². The van der Waals surface area contributed by atoms with Crippen LogP contribution in [0.5, 0.6) is 0 Å². The van der Waals surface area contributed by atoms with Gasteiger partial charge in [0.25, 0.3) is 0 Å². The van der Waals surface area contributed by atoms with Gasteiger partial charge in [-0.1, -0.05) is 36.4 Å². The van der Waals surface area contributed by atoms with Gasteiger partial charge in [0.1, 0.15) is 0 Å². The van der Waals surface area contributed by atoms with Gasteiger partial charge in [-0.05, 0) is 54.8 Å². The predicted octanol–water partition coefficient (Wildman–Crippen LogP) is 7.46. The van der Waals surface area contributed by atoms with Crippen molar-refractivity contribution in [3.05, 3.63) is 84.9 Å². The van der Waals surface area contributed by atoms with Crippen LogP contribution in [0.2, 0.25) is 0 Å². The van der Waals surface area contributed by atoms with Gasteiger partial charge in [-0.2, -0.15) is 39.5 Å². The standard InChI is InChI=1S/C19H17S2.C4HF9O3S/c1-20-16-12-14-19(15-13-16)21(17-8-4-2-5-9-17)18-10-6-3-7-11-18;5-1(6,3(9,10)11)2(7,8)4(12,13)17(14,15)16/h2-15H,1H3;(H,14,15,16)/q+1;/p-1. The zero-order valence-electron chi connectivity index (χ0n) is 18.9. The molecule has 0 saturated heterocycles. The highest BCUT2D eigenvalue weighted by atomic mass is 32.2. The molecular weight excluding hydrogens is 591 g/mol. The molecule has 0 N–H and O–H groups in total. The van der Waals surface area contributed by atoms with Gasteiger partial charge in [0, 0.05) is 4.90 Å². The van der Waals surface area contributed by atoms with Gasteiger partial charge in [0.15, 0.2) is 24.8 Å². The van der Waals surface area contributed by atoms with Crippen LogP contribution < -0.4 is 0 Å². The lowest BCUT2D eigenvalue weighted by Crippen LogP contribution is -2.63. The number of rotatable bonds is 7. The van der Waals surface area contributed by atoms with Crippen LogP contribution in [0.4, 0.5) is 39.5 Å². The number of hydrogen-bond donors (Lipinski definition) is 0. The molecule has 3 aromatic rings. The maximum Gasteiger partial charge on any atom is 0.460 e. The summed E-state index contributed by atoms with van der Waals surface area (Å²) in [5.74, 6) is -14.8. The first kappa shape index (κ1) is 31.9. The minimum atomic E-state index is -7.43. The van der Waals surface area contributed by atoms with Crippen molar-refractivity contribution in [2.45, 2.75) is 42.9 Å². The van der Waals surface area contributed by atoms with Crippen molar-refractivity contribution in [1.82, 2.24) is 0 Å². The lowest BCUT2D eigenvalue weighted by molar-refractivity contribution is -0.382. The maximum absolute atomic E-state index is 12.2. The van der Waals surface area contributed by atoms with Gasteiger partial charge in [0.05, 0.1) is 10.9 Å². The molecule has 0 aliphatic rings. The molecule has 0 heterocycles. The van der Waals surface area contributed by atoms with E-state index in [1.807, 2.05) is 0 Å². The molecule has 3 rings (SSSR count). The Balaban J connectivity index is 0.000000275. The minimum Gasteiger partial charge on any atom is -0.743 e. The Morgan fingerprint density at radius 3 is 1.32 bits per heavy atom. The van der Waals surface area contributed by atoms with Gasteiger partial charge in [-0.3, -0.25) is 0 Å². The van der Waals surface area contributed by atoms with Crippen LogP contribution in [0.15, 0.2) is 105 Å². The summed E-state index contributed by atoms with van der Waals surface area (Å²) in [5.41, 5.74) is 0. The summed E-state index contributed by atoms with van der Waals surface area (Å²) in [7, 11) is -7.45. The van der Waals surface area contributed by atoms with Crippen molar-refractivity contribution in [2.75, 3.05) is 6.26 Å². The van der Waals surface area contributed by atoms with Crippen LogP contribution in [-0.4, -0.2) is 42.5 Å². The zero-order chi connectivity index (χ0) is 29.0. The average molecular weight is 609 g/mol. The van der Waals surface area contributed by atoms with Crippen LogP contribution in [0.25, 0.3) is 0 Å². The zero-order valence-corrected chi connectivity index (χ0v) is 21.4. The highest BCUT2D eigenvalue weighted by Gasteiger charge is 2.83. The first-order chi connectivity index (χ1) is 17.4. The van der Waals surface area contributed by atoms with E-state index in [1.165, 1.54) is 19.6 Å². The molecule has 0 aromatic heterocycles. The van der Waals surface area contributed by atoms with E-state index in [1.54, 1.807) is 11.8 Å². The second-order valence-electron chi connectivity index (χ2n) is 7.23. The fourth-order valence-corrected chi connectivity index (χ4v) is 5.68. The lowest BCUT2D eigenvalue weighted by Gasteiger charge is -2.34. The van der Waals surface area contributed by atoms with Gasteiger partial charge in [-0.15, -0.1) is 11.8 Å². The molecular formula is C23H17F9O3S3. The number of hydrogen-bond acceptors (Lipinski definition) is 4. The average Bonchev–Trinajstić information content (AvgIpc) is 2.85. The Morgan fingerprint density at radius 1 is 0.632 bits per heavy atom. The van der Waals surface area contributed by atoms with Gasteiger partial charge in [0.2, 0.25) is 0 Å². The van der Waals surface area contributed by atoms with E-state index in [2.05, 4.69) is 91.2 Å². The third-order valence-corrected chi connectivity index (χ3v) is 8.54. The molecule has 0 saturated carbocycles. The van der Waals surface area contributed by atoms with Crippen molar-refractivity contribution in [3.63, 3.8) is 0 Å². The predicted molar refractivity (Wildman–Crippen MR) is 124 cm³/mol. The second kappa shape index (κ2) is 11.8. The number of thioether (sulfide) groups is 1. The molecule has 0 aliphatic heterocycles. The molecule has 0 radical (unpaired) electrons. The molecule has 3 aromatic carbocycles. The van der Waals surface area contributed by atoms with E-state index >= 15 is 0 Å². The van der Waals surface area contributed by atoms with E-state index in [0.717, 1.165) is 0 Å². The Morgan fingerprint density at radius 2 is 1.00 bits per heavy atom. The highest BCUT2D eigenvalue weighted by molar-refractivity contribution is 7.98.